The van der Waals surface area contributed by atoms with Gasteiger partial charge in [-0.2, -0.15) is 0 Å². The van der Waals surface area contributed by atoms with Gasteiger partial charge in [0.2, 0.25) is 17.6 Å². The molecule has 0 aromatic heterocycles. The number of hydrogen-bond donors (Lipinski definition) is 3. The molecule has 0 radical (unpaired) electrons. The van der Waals surface area contributed by atoms with E-state index in [4.69, 9.17) is 27.9 Å². The highest BCUT2D eigenvalue weighted by atomic mass is 35.5. The van der Waals surface area contributed by atoms with Gasteiger partial charge in [0.05, 0.1) is 11.4 Å². The molecule has 1 aliphatic heterocycles. The first-order valence-corrected chi connectivity index (χ1v) is 15.2. The largest absolute Gasteiger partial charge is 0.444 e. The van der Waals surface area contributed by atoms with E-state index in [1.165, 1.54) is 11.0 Å². The van der Waals surface area contributed by atoms with Crippen molar-refractivity contribution in [2.24, 2.45) is 5.92 Å². The molecule has 232 valence electrons. The molecule has 1 saturated carbocycles. The summed E-state index contributed by atoms with van der Waals surface area (Å²) in [4.78, 5) is 66.3. The van der Waals surface area contributed by atoms with Crippen LogP contribution in [-0.4, -0.2) is 76.7 Å². The maximum atomic E-state index is 13.8. The van der Waals surface area contributed by atoms with E-state index in [1.54, 1.807) is 26.8 Å². The Bertz CT molecular complexity index is 917. The lowest BCUT2D eigenvalue weighted by molar-refractivity contribution is -0.143. The number of Topliss-reactive ketones (excluding diaryl/α,β-unsaturated/α-hetero) is 1. The summed E-state index contributed by atoms with van der Waals surface area (Å²) in [7, 11) is 0. The van der Waals surface area contributed by atoms with E-state index in [9.17, 15) is 24.0 Å². The first kappa shape index (κ1) is 36.4. The highest BCUT2D eigenvalue weighted by Crippen LogP contribution is 2.29. The van der Waals surface area contributed by atoms with Crippen LogP contribution in [0, 0.1) is 5.92 Å². The normalized spacial score (nSPS) is 18.6. The topological polar surface area (TPSA) is 134 Å². The summed E-state index contributed by atoms with van der Waals surface area (Å²) in [5, 5.41) is 8.13. The van der Waals surface area contributed by atoms with Crippen LogP contribution in [0.25, 0.3) is 0 Å². The number of carbonyl (C=O) groups excluding carboxylic acids is 5. The molecule has 1 unspecified atom stereocenters. The van der Waals surface area contributed by atoms with Crippen molar-refractivity contribution in [3.63, 3.8) is 0 Å². The van der Waals surface area contributed by atoms with Gasteiger partial charge in [-0.15, -0.1) is 36.4 Å². The summed E-state index contributed by atoms with van der Waals surface area (Å²) in [5.74, 6) is -2.43. The van der Waals surface area contributed by atoms with Crippen molar-refractivity contribution in [3.8, 4) is 0 Å². The molecule has 2 rings (SSSR count). The summed E-state index contributed by atoms with van der Waals surface area (Å²) >= 11 is 9.53. The Balaban J connectivity index is 0.00000268. The third-order valence-electron chi connectivity index (χ3n) is 6.82. The van der Waals surface area contributed by atoms with Crippen molar-refractivity contribution >= 4 is 52.8 Å². The third-order valence-corrected chi connectivity index (χ3v) is 6.82. The van der Waals surface area contributed by atoms with E-state index in [-0.39, 0.29) is 30.1 Å². The Labute approximate surface area is 254 Å². The number of halogens is 2. The maximum absolute atomic E-state index is 13.8. The second-order valence-electron chi connectivity index (χ2n) is 11.1. The Morgan fingerprint density at radius 2 is 1.61 bits per heavy atom. The number of amides is 4. The number of hydrogen-bond acceptors (Lipinski definition) is 6. The SMILES string of the molecule is C=CCCC(NC(=O)[C@@H]1CCCN1C(=O)[C@@H](NC(=O)OC(C)(C)C)C1CCCCC1)C(=O)C(=O)NCC=C.ClCCl. The van der Waals surface area contributed by atoms with Crippen molar-refractivity contribution in [1.29, 1.82) is 0 Å². The second-order valence-corrected chi connectivity index (χ2v) is 11.9. The summed E-state index contributed by atoms with van der Waals surface area (Å²) in [6, 6.07) is -2.65. The summed E-state index contributed by atoms with van der Waals surface area (Å²) in [6.07, 6.45) is 8.68. The van der Waals surface area contributed by atoms with E-state index in [1.807, 2.05) is 0 Å². The van der Waals surface area contributed by atoms with Crippen molar-refractivity contribution in [2.75, 3.05) is 18.4 Å². The fourth-order valence-corrected chi connectivity index (χ4v) is 5.00. The van der Waals surface area contributed by atoms with Crippen LogP contribution >= 0.6 is 23.2 Å². The monoisotopic (exact) mass is 616 g/mol. The fraction of sp³-hybridized carbons (Fsp3) is 0.690. The van der Waals surface area contributed by atoms with Gasteiger partial charge in [0.1, 0.15) is 17.7 Å². The van der Waals surface area contributed by atoms with Gasteiger partial charge in [-0.05, 0) is 65.2 Å². The van der Waals surface area contributed by atoms with Crippen LogP contribution in [0.15, 0.2) is 25.3 Å². The maximum Gasteiger partial charge on any atom is 0.408 e. The molecule has 1 aliphatic carbocycles. The number of alkyl halides is 2. The van der Waals surface area contributed by atoms with E-state index >= 15 is 0 Å². The molecule has 1 heterocycles. The van der Waals surface area contributed by atoms with E-state index in [2.05, 4.69) is 29.1 Å². The van der Waals surface area contributed by atoms with Crippen LogP contribution in [0.1, 0.15) is 78.6 Å². The molecule has 1 saturated heterocycles. The van der Waals surface area contributed by atoms with E-state index in [0.717, 1.165) is 32.1 Å². The summed E-state index contributed by atoms with van der Waals surface area (Å²) < 4.78 is 5.42. The number of nitrogens with one attached hydrogen (secondary N) is 3. The number of allylic oxidation sites excluding steroid dienone is 1. The number of ketones is 1. The minimum absolute atomic E-state index is 0.0523. The molecule has 2 aliphatic rings. The van der Waals surface area contributed by atoms with Gasteiger partial charge in [0.15, 0.2) is 0 Å². The molecule has 0 aromatic carbocycles. The highest BCUT2D eigenvalue weighted by Gasteiger charge is 2.42. The number of carbonyl (C=O) groups is 5. The van der Waals surface area contributed by atoms with Gasteiger partial charge in [-0.25, -0.2) is 4.79 Å². The third kappa shape index (κ3) is 12.9. The predicted molar refractivity (Wildman–Crippen MR) is 161 cm³/mol. The Morgan fingerprint density at radius 3 is 2.17 bits per heavy atom. The van der Waals surface area contributed by atoms with E-state index < -0.39 is 47.4 Å². The Hall–Kier alpha value is -2.59. The average molecular weight is 618 g/mol. The van der Waals surface area contributed by atoms with Crippen molar-refractivity contribution in [1.82, 2.24) is 20.9 Å². The zero-order valence-corrected chi connectivity index (χ0v) is 26.0. The molecule has 10 nitrogen and oxygen atoms in total. The lowest BCUT2D eigenvalue weighted by Gasteiger charge is -2.35. The van der Waals surface area contributed by atoms with Crippen LogP contribution in [0.5, 0.6) is 0 Å². The van der Waals surface area contributed by atoms with Crippen LogP contribution in [0.3, 0.4) is 0 Å². The van der Waals surface area contributed by atoms with Gasteiger partial charge < -0.3 is 25.6 Å². The quantitative estimate of drug-likeness (QED) is 0.171. The minimum Gasteiger partial charge on any atom is -0.444 e. The average Bonchev–Trinajstić information content (AvgIpc) is 3.42. The molecule has 3 atom stereocenters. The molecule has 3 N–H and O–H groups in total. The standard InChI is InChI=1S/C28H44N4O6.CH2Cl2/c1-6-8-15-20(23(33)25(35)29-17-7-2)30-24(34)21-16-12-18-32(21)26(36)22(19-13-10-9-11-14-19)31-27(37)38-28(3,4)5;2-1-3/h6-7,19-22H,1-2,8-18H2,3-5H3,(H,29,35)(H,30,34)(H,31,37);1H2/t20?,21-,22-;/m0./s1. The van der Waals surface area contributed by atoms with Gasteiger partial charge in [0.25, 0.3) is 5.91 Å². The lowest BCUT2D eigenvalue weighted by Crippen LogP contribution is -2.58. The van der Waals surface area contributed by atoms with Gasteiger partial charge in [-0.3, -0.25) is 19.2 Å². The van der Waals surface area contributed by atoms with Crippen LogP contribution in [0.2, 0.25) is 0 Å². The number of alkyl carbamates (subject to hydrolysis) is 1. The zero-order chi connectivity index (χ0) is 31.0. The van der Waals surface area contributed by atoms with E-state index in [0.29, 0.717) is 25.8 Å². The second kappa shape index (κ2) is 18.8. The minimum atomic E-state index is -1.04. The number of likely N-dealkylation sites (tertiary alicyclic amines) is 1. The lowest BCUT2D eigenvalue weighted by atomic mass is 9.83. The summed E-state index contributed by atoms with van der Waals surface area (Å²) in [5.41, 5.74) is -0.717. The Morgan fingerprint density at radius 1 is 0.976 bits per heavy atom. The first-order chi connectivity index (χ1) is 19.4. The van der Waals surface area contributed by atoms with Gasteiger partial charge in [0, 0.05) is 13.1 Å². The smallest absolute Gasteiger partial charge is 0.408 e. The van der Waals surface area contributed by atoms with Crippen molar-refractivity contribution < 1.29 is 28.7 Å². The van der Waals surface area contributed by atoms with Crippen molar-refractivity contribution in [3.05, 3.63) is 25.3 Å². The fourth-order valence-electron chi connectivity index (χ4n) is 5.00. The van der Waals surface area contributed by atoms with Crippen LogP contribution in [0.4, 0.5) is 4.79 Å². The number of nitrogens with zero attached hydrogens (tertiary/aromatic N) is 1. The zero-order valence-electron chi connectivity index (χ0n) is 24.5. The molecule has 0 bridgehead atoms. The van der Waals surface area contributed by atoms with Crippen LogP contribution < -0.4 is 16.0 Å². The van der Waals surface area contributed by atoms with Gasteiger partial charge >= 0.3 is 6.09 Å². The van der Waals surface area contributed by atoms with Crippen LogP contribution in [-0.2, 0) is 23.9 Å². The molecule has 0 spiro atoms. The number of rotatable bonds is 12. The molecule has 2 fully saturated rings. The molecule has 4 amide bonds. The van der Waals surface area contributed by atoms with Crippen molar-refractivity contribution in [2.45, 2.75) is 102 Å². The first-order valence-electron chi connectivity index (χ1n) is 14.2. The molecular weight excluding hydrogens is 571 g/mol. The van der Waals surface area contributed by atoms with Gasteiger partial charge in [-0.1, -0.05) is 31.4 Å². The molecule has 0 aromatic rings. The Kier molecular flexibility index (Phi) is 16.7. The molecular formula is C29H46Cl2N4O6. The predicted octanol–water partition coefficient (Wildman–Crippen LogP) is 4.19. The molecule has 41 heavy (non-hydrogen) atoms. The number of ether oxygens (including phenoxy) is 1. The molecule has 12 heteroatoms. The summed E-state index contributed by atoms with van der Waals surface area (Å²) in [6.45, 7) is 12.9. The highest BCUT2D eigenvalue weighted by molar-refractivity contribution is 6.40.